The molecule has 0 aliphatic rings. The predicted molar refractivity (Wildman–Crippen MR) is 60.0 cm³/mol. The molecule has 0 fully saturated rings. The first kappa shape index (κ1) is 13.4. The van der Waals surface area contributed by atoms with Gasteiger partial charge in [-0.25, -0.2) is 0 Å². The molecule has 0 bridgehead atoms. The summed E-state index contributed by atoms with van der Waals surface area (Å²) in [5.74, 6) is 0.457. The average Bonchev–Trinajstić information content (AvgIpc) is 2.12. The lowest BCUT2D eigenvalue weighted by molar-refractivity contribution is -0.121. The molecule has 0 saturated carbocycles. The minimum atomic E-state index is -0.0128. The van der Waals surface area contributed by atoms with Crippen molar-refractivity contribution in [3.8, 4) is 0 Å². The summed E-state index contributed by atoms with van der Waals surface area (Å²) in [6.07, 6.45) is 3.88. The summed E-state index contributed by atoms with van der Waals surface area (Å²) in [5, 5.41) is 2.88. The molecule has 1 atom stereocenters. The van der Waals surface area contributed by atoms with Gasteiger partial charge in [0.1, 0.15) is 0 Å². The van der Waals surface area contributed by atoms with Gasteiger partial charge < -0.3 is 11.1 Å². The van der Waals surface area contributed by atoms with E-state index < -0.39 is 0 Å². The summed E-state index contributed by atoms with van der Waals surface area (Å²) >= 11 is 0. The molecule has 3 nitrogen and oxygen atoms in total. The highest BCUT2D eigenvalue weighted by molar-refractivity contribution is 5.76. The quantitative estimate of drug-likeness (QED) is 0.614. The number of carbonyl (C=O) groups is 1. The van der Waals surface area contributed by atoms with Crippen LogP contribution in [0.4, 0.5) is 0 Å². The molecule has 14 heavy (non-hydrogen) atoms. The van der Waals surface area contributed by atoms with E-state index in [2.05, 4.69) is 12.2 Å². The van der Waals surface area contributed by atoms with Gasteiger partial charge in [-0.05, 0) is 12.3 Å². The zero-order valence-electron chi connectivity index (χ0n) is 9.68. The topological polar surface area (TPSA) is 55.1 Å². The van der Waals surface area contributed by atoms with Gasteiger partial charge >= 0.3 is 0 Å². The van der Waals surface area contributed by atoms with Crippen LogP contribution in [0, 0.1) is 5.92 Å². The monoisotopic (exact) mass is 200 g/mol. The largest absolute Gasteiger partial charge is 0.356 e. The Morgan fingerprint density at radius 1 is 1.36 bits per heavy atom. The van der Waals surface area contributed by atoms with Gasteiger partial charge in [0, 0.05) is 19.0 Å². The van der Waals surface area contributed by atoms with E-state index in [9.17, 15) is 4.79 Å². The molecule has 0 aromatic heterocycles. The van der Waals surface area contributed by atoms with Crippen LogP contribution in [0.25, 0.3) is 0 Å². The van der Waals surface area contributed by atoms with Crippen molar-refractivity contribution in [2.75, 3.05) is 6.54 Å². The zero-order valence-corrected chi connectivity index (χ0v) is 9.68. The molecule has 0 aromatic carbocycles. The van der Waals surface area contributed by atoms with Gasteiger partial charge in [0.15, 0.2) is 0 Å². The van der Waals surface area contributed by atoms with Crippen LogP contribution in [0.15, 0.2) is 0 Å². The van der Waals surface area contributed by atoms with Gasteiger partial charge in [-0.2, -0.15) is 0 Å². The molecule has 0 spiro atoms. The second kappa shape index (κ2) is 7.80. The fourth-order valence-electron chi connectivity index (χ4n) is 1.12. The summed E-state index contributed by atoms with van der Waals surface area (Å²) in [7, 11) is 0. The molecular formula is C11H24N2O. The van der Waals surface area contributed by atoms with Gasteiger partial charge in [0.05, 0.1) is 0 Å². The van der Waals surface area contributed by atoms with Crippen LogP contribution in [-0.4, -0.2) is 18.5 Å². The second-order valence-corrected chi connectivity index (χ2v) is 4.17. The minimum absolute atomic E-state index is 0.0128. The lowest BCUT2D eigenvalue weighted by atomic mass is 10.0. The third-order valence-electron chi connectivity index (χ3n) is 2.38. The highest BCUT2D eigenvalue weighted by Crippen LogP contribution is 2.02. The Kier molecular flexibility index (Phi) is 7.48. The zero-order chi connectivity index (χ0) is 11.0. The third-order valence-corrected chi connectivity index (χ3v) is 2.38. The Bertz CT molecular complexity index is 157. The Balaban J connectivity index is 3.45. The second-order valence-electron chi connectivity index (χ2n) is 4.17. The number of rotatable bonds is 7. The van der Waals surface area contributed by atoms with Gasteiger partial charge in [-0.15, -0.1) is 0 Å². The summed E-state index contributed by atoms with van der Waals surface area (Å²) in [6, 6.07) is -0.0128. The number of carbonyl (C=O) groups excluding carboxylic acids is 1. The fraction of sp³-hybridized carbons (Fsp3) is 0.909. The van der Waals surface area contributed by atoms with E-state index in [-0.39, 0.29) is 11.9 Å². The van der Waals surface area contributed by atoms with E-state index in [0.717, 1.165) is 13.0 Å². The Hall–Kier alpha value is -0.570. The molecule has 1 unspecified atom stereocenters. The van der Waals surface area contributed by atoms with Crippen molar-refractivity contribution in [3.63, 3.8) is 0 Å². The van der Waals surface area contributed by atoms with E-state index in [1.807, 2.05) is 13.8 Å². The van der Waals surface area contributed by atoms with E-state index in [0.29, 0.717) is 12.3 Å². The molecule has 84 valence electrons. The lowest BCUT2D eigenvalue weighted by Gasteiger charge is -2.14. The summed E-state index contributed by atoms with van der Waals surface area (Å²) < 4.78 is 0. The number of unbranched alkanes of at least 4 members (excludes halogenated alkanes) is 2. The maximum absolute atomic E-state index is 11.3. The number of amides is 1. The first-order valence-electron chi connectivity index (χ1n) is 5.60. The van der Waals surface area contributed by atoms with Crippen molar-refractivity contribution in [1.29, 1.82) is 0 Å². The first-order valence-corrected chi connectivity index (χ1v) is 5.60. The first-order chi connectivity index (χ1) is 6.57. The Morgan fingerprint density at radius 3 is 2.50 bits per heavy atom. The van der Waals surface area contributed by atoms with Crippen LogP contribution in [0.1, 0.15) is 46.5 Å². The molecule has 0 rings (SSSR count). The Morgan fingerprint density at radius 2 is 2.00 bits per heavy atom. The molecule has 0 aromatic rings. The average molecular weight is 200 g/mol. The number of hydrogen-bond acceptors (Lipinski definition) is 2. The number of nitrogens with two attached hydrogens (primary N) is 1. The molecule has 0 aliphatic heterocycles. The van der Waals surface area contributed by atoms with Crippen LogP contribution in [0.3, 0.4) is 0 Å². The maximum Gasteiger partial charge on any atom is 0.221 e. The normalized spacial score (nSPS) is 12.9. The number of nitrogens with one attached hydrogen (secondary N) is 1. The van der Waals surface area contributed by atoms with Crippen molar-refractivity contribution in [2.24, 2.45) is 11.7 Å². The lowest BCUT2D eigenvalue weighted by Crippen LogP contribution is -2.35. The highest BCUT2D eigenvalue weighted by atomic mass is 16.1. The molecular weight excluding hydrogens is 176 g/mol. The molecule has 1 amide bonds. The fourth-order valence-corrected chi connectivity index (χ4v) is 1.12. The van der Waals surface area contributed by atoms with Crippen molar-refractivity contribution in [2.45, 2.75) is 52.5 Å². The summed E-state index contributed by atoms with van der Waals surface area (Å²) in [5.41, 5.74) is 5.79. The SMILES string of the molecule is CCCCCNC(=O)CC(N)C(C)C. The molecule has 0 radical (unpaired) electrons. The van der Waals surface area contributed by atoms with Crippen LogP contribution in [0.5, 0.6) is 0 Å². The standard InChI is InChI=1S/C11H24N2O/c1-4-5-6-7-13-11(14)8-10(12)9(2)3/h9-10H,4-8,12H2,1-3H3,(H,13,14). The van der Waals surface area contributed by atoms with Crippen molar-refractivity contribution in [3.05, 3.63) is 0 Å². The van der Waals surface area contributed by atoms with E-state index in [1.165, 1.54) is 12.8 Å². The van der Waals surface area contributed by atoms with Gasteiger partial charge in [0.25, 0.3) is 0 Å². The van der Waals surface area contributed by atoms with Crippen LogP contribution in [0.2, 0.25) is 0 Å². The maximum atomic E-state index is 11.3. The van der Waals surface area contributed by atoms with E-state index in [4.69, 9.17) is 5.73 Å². The van der Waals surface area contributed by atoms with Crippen LogP contribution >= 0.6 is 0 Å². The van der Waals surface area contributed by atoms with E-state index >= 15 is 0 Å². The number of hydrogen-bond donors (Lipinski definition) is 2. The highest BCUT2D eigenvalue weighted by Gasteiger charge is 2.11. The molecule has 0 saturated heterocycles. The van der Waals surface area contributed by atoms with Gasteiger partial charge in [-0.3, -0.25) is 4.79 Å². The summed E-state index contributed by atoms with van der Waals surface area (Å²) in [4.78, 5) is 11.3. The Labute approximate surface area is 87.4 Å². The summed E-state index contributed by atoms with van der Waals surface area (Å²) in [6.45, 7) is 7.01. The molecule has 3 N–H and O–H groups in total. The van der Waals surface area contributed by atoms with Crippen molar-refractivity contribution >= 4 is 5.91 Å². The van der Waals surface area contributed by atoms with Gasteiger partial charge in [-0.1, -0.05) is 33.6 Å². The van der Waals surface area contributed by atoms with Crippen molar-refractivity contribution < 1.29 is 4.79 Å². The van der Waals surface area contributed by atoms with E-state index in [1.54, 1.807) is 0 Å². The molecule has 3 heteroatoms. The smallest absolute Gasteiger partial charge is 0.221 e. The van der Waals surface area contributed by atoms with Gasteiger partial charge in [0.2, 0.25) is 5.91 Å². The molecule has 0 heterocycles. The van der Waals surface area contributed by atoms with Crippen LogP contribution in [-0.2, 0) is 4.79 Å². The van der Waals surface area contributed by atoms with Crippen molar-refractivity contribution in [1.82, 2.24) is 5.32 Å². The molecule has 0 aliphatic carbocycles. The predicted octanol–water partition coefficient (Wildman–Crippen LogP) is 1.67. The van der Waals surface area contributed by atoms with Crippen LogP contribution < -0.4 is 11.1 Å². The third kappa shape index (κ3) is 6.89. The minimum Gasteiger partial charge on any atom is -0.356 e.